The largest absolute Gasteiger partial charge is 0.356 e. The van der Waals surface area contributed by atoms with Crippen LogP contribution >= 0.6 is 23.2 Å². The van der Waals surface area contributed by atoms with Gasteiger partial charge in [-0.2, -0.15) is 0 Å². The number of nitrogens with one attached hydrogen (secondary N) is 3. The average molecular weight is 600 g/mol. The first-order valence-corrected chi connectivity index (χ1v) is 14.4. The van der Waals surface area contributed by atoms with Crippen LogP contribution in [0.2, 0.25) is 10.0 Å². The third-order valence-electron chi connectivity index (χ3n) is 6.52. The summed E-state index contributed by atoms with van der Waals surface area (Å²) in [5, 5.41) is 9.37. The van der Waals surface area contributed by atoms with Crippen LogP contribution in [0.15, 0.2) is 36.4 Å². The molecule has 2 aliphatic heterocycles. The van der Waals surface area contributed by atoms with Gasteiger partial charge in [-0.3, -0.25) is 9.59 Å². The number of carbonyl (C=O) groups is 2. The van der Waals surface area contributed by atoms with Crippen LogP contribution in [-0.2, 0) is 9.59 Å². The molecule has 2 aromatic rings. The Bertz CT molecular complexity index is 1070. The molecule has 0 spiro atoms. The van der Waals surface area contributed by atoms with E-state index in [-0.39, 0.29) is 29.4 Å². The van der Waals surface area contributed by atoms with Gasteiger partial charge in [0, 0.05) is 61.3 Å². The molecule has 40 heavy (non-hydrogen) atoms. The highest BCUT2D eigenvalue weighted by Gasteiger charge is 2.33. The Hall–Kier alpha value is -2.26. The van der Waals surface area contributed by atoms with Crippen molar-refractivity contribution in [3.8, 4) is 0 Å². The van der Waals surface area contributed by atoms with Gasteiger partial charge in [-0.15, -0.1) is 0 Å². The maximum absolute atomic E-state index is 14.4. The predicted molar refractivity (Wildman–Crippen MR) is 161 cm³/mol. The number of amides is 2. The monoisotopic (exact) mass is 598 g/mol. The van der Waals surface area contributed by atoms with Gasteiger partial charge in [-0.25, -0.2) is 8.78 Å². The first-order chi connectivity index (χ1) is 19.0. The minimum absolute atomic E-state index is 0.0164. The molecule has 2 fully saturated rings. The summed E-state index contributed by atoms with van der Waals surface area (Å²) in [6.07, 6.45) is 3.25. The smallest absolute Gasteiger partial charge is 0.211 e. The second kappa shape index (κ2) is 16.9. The van der Waals surface area contributed by atoms with Gasteiger partial charge >= 0.3 is 0 Å². The van der Waals surface area contributed by atoms with Gasteiger partial charge in [0.05, 0.1) is 5.02 Å². The fourth-order valence-corrected chi connectivity index (χ4v) is 5.07. The Morgan fingerprint density at radius 1 is 1.00 bits per heavy atom. The molecule has 10 heteroatoms. The molecule has 0 radical (unpaired) electrons. The number of anilines is 1. The highest BCUT2D eigenvalue weighted by atomic mass is 35.5. The van der Waals surface area contributed by atoms with Crippen LogP contribution in [0.4, 0.5) is 14.5 Å². The predicted octanol–water partition coefficient (Wildman–Crippen LogP) is 6.39. The van der Waals surface area contributed by atoms with Crippen molar-refractivity contribution in [2.45, 2.75) is 58.4 Å². The molecular weight excluding hydrogens is 557 g/mol. The average Bonchev–Trinajstić information content (AvgIpc) is 3.36. The number of hydrogen-bond donors (Lipinski definition) is 3. The number of benzene rings is 2. The fourth-order valence-electron chi connectivity index (χ4n) is 4.72. The summed E-state index contributed by atoms with van der Waals surface area (Å²) in [4.78, 5) is 23.0. The molecular formula is C30H42Cl2F2N4O2. The van der Waals surface area contributed by atoms with Crippen LogP contribution in [0, 0.1) is 11.2 Å². The number of nitrogens with zero attached hydrogens (tertiary/aromatic N) is 1. The molecule has 2 aliphatic rings. The van der Waals surface area contributed by atoms with Crippen molar-refractivity contribution in [2.24, 2.45) is 5.41 Å². The van der Waals surface area contributed by atoms with Crippen molar-refractivity contribution in [3.05, 3.63) is 63.4 Å². The number of carbonyl (C=O) groups excluding carboxylic acids is 2. The van der Waals surface area contributed by atoms with E-state index in [1.807, 2.05) is 6.07 Å². The lowest BCUT2D eigenvalue weighted by Gasteiger charge is -2.30. The topological polar surface area (TPSA) is 73.5 Å². The summed E-state index contributed by atoms with van der Waals surface area (Å²) in [7, 11) is 0. The van der Waals surface area contributed by atoms with Crippen LogP contribution in [0.1, 0.15) is 63.5 Å². The van der Waals surface area contributed by atoms with Crippen molar-refractivity contribution < 1.29 is 18.4 Å². The highest BCUT2D eigenvalue weighted by molar-refractivity contribution is 6.31. The Labute approximate surface area is 247 Å². The van der Waals surface area contributed by atoms with Crippen LogP contribution in [0.3, 0.4) is 0 Å². The van der Waals surface area contributed by atoms with E-state index in [2.05, 4.69) is 48.5 Å². The van der Waals surface area contributed by atoms with Gasteiger partial charge in [0.15, 0.2) is 0 Å². The van der Waals surface area contributed by atoms with Crippen LogP contribution < -0.4 is 16.0 Å². The number of halogens is 4. The second-order valence-electron chi connectivity index (χ2n) is 11.6. The fraction of sp³-hybridized carbons (Fsp3) is 0.533. The standard InChI is InChI=1S/C17H15Cl2FN2O.C8H15FN2O.C5H12/c18-10-4-5-11(16(6-10)22-9-23)13-7-21-8-14(13)12-2-1-3-15(19)17(12)20;9-3-6-11-4-1-8(2-5-11)10-7-12;1-5(2,3)4/h1-6,9,13-14,21H,7-8H2,(H,22,23);7-8H,1-6H2,(H,10,12);1-4H3. The van der Waals surface area contributed by atoms with Crippen molar-refractivity contribution >= 4 is 41.7 Å². The molecule has 4 rings (SSSR count). The first kappa shape index (κ1) is 33.9. The summed E-state index contributed by atoms with van der Waals surface area (Å²) in [6, 6.07) is 10.7. The second-order valence-corrected chi connectivity index (χ2v) is 12.4. The van der Waals surface area contributed by atoms with Crippen LogP contribution in [0.5, 0.6) is 0 Å². The number of alkyl halides is 1. The number of piperidine rings is 1. The summed E-state index contributed by atoms with van der Waals surface area (Å²) in [5.41, 5.74) is 2.66. The molecule has 2 aromatic carbocycles. The Morgan fingerprint density at radius 2 is 1.62 bits per heavy atom. The molecule has 6 nitrogen and oxygen atoms in total. The van der Waals surface area contributed by atoms with Gasteiger partial charge in [0.1, 0.15) is 12.5 Å². The highest BCUT2D eigenvalue weighted by Crippen LogP contribution is 2.41. The van der Waals surface area contributed by atoms with Gasteiger partial charge in [0.2, 0.25) is 12.8 Å². The van der Waals surface area contributed by atoms with E-state index in [0.717, 1.165) is 37.9 Å². The zero-order valence-corrected chi connectivity index (χ0v) is 25.3. The van der Waals surface area contributed by atoms with Crippen molar-refractivity contribution in [3.63, 3.8) is 0 Å². The third-order valence-corrected chi connectivity index (χ3v) is 7.04. The van der Waals surface area contributed by atoms with Crippen molar-refractivity contribution in [1.29, 1.82) is 0 Å². The van der Waals surface area contributed by atoms with E-state index in [4.69, 9.17) is 23.2 Å². The summed E-state index contributed by atoms with van der Waals surface area (Å²) >= 11 is 11.9. The van der Waals surface area contributed by atoms with E-state index in [0.29, 0.717) is 53.8 Å². The van der Waals surface area contributed by atoms with Gasteiger partial charge in [0.25, 0.3) is 0 Å². The third kappa shape index (κ3) is 11.3. The lowest BCUT2D eigenvalue weighted by molar-refractivity contribution is -0.110. The molecule has 0 aromatic heterocycles. The number of likely N-dealkylation sites (tertiary alicyclic amines) is 1. The van der Waals surface area contributed by atoms with E-state index in [1.54, 1.807) is 30.3 Å². The van der Waals surface area contributed by atoms with E-state index in [1.165, 1.54) is 0 Å². The Morgan fingerprint density at radius 3 is 2.20 bits per heavy atom. The molecule has 0 aliphatic carbocycles. The van der Waals surface area contributed by atoms with E-state index < -0.39 is 0 Å². The maximum atomic E-state index is 14.4. The lowest BCUT2D eigenvalue weighted by Crippen LogP contribution is -2.42. The summed E-state index contributed by atoms with van der Waals surface area (Å²) in [5.74, 6) is -0.434. The molecule has 2 atom stereocenters. The minimum atomic E-state index is -0.383. The summed E-state index contributed by atoms with van der Waals surface area (Å²) < 4.78 is 26.3. The zero-order valence-electron chi connectivity index (χ0n) is 23.8. The number of hydrogen-bond acceptors (Lipinski definition) is 4. The molecule has 2 heterocycles. The molecule has 0 bridgehead atoms. The van der Waals surface area contributed by atoms with Gasteiger partial charge < -0.3 is 20.9 Å². The first-order valence-electron chi connectivity index (χ1n) is 13.6. The Balaban J connectivity index is 0.000000275. The molecule has 222 valence electrons. The van der Waals surface area contributed by atoms with E-state index >= 15 is 0 Å². The Kier molecular flexibility index (Phi) is 14.3. The molecule has 3 N–H and O–H groups in total. The van der Waals surface area contributed by atoms with Crippen LogP contribution in [0.25, 0.3) is 0 Å². The SMILES string of the molecule is CC(C)(C)C.O=CNC1CCN(CCF)CC1.O=CNc1cc(Cl)ccc1C1CNCC1c1cccc(Cl)c1F. The number of rotatable bonds is 8. The molecule has 2 amide bonds. The zero-order chi connectivity index (χ0) is 29.7. The molecule has 2 saturated heterocycles. The minimum Gasteiger partial charge on any atom is -0.356 e. The quantitative estimate of drug-likeness (QED) is 0.308. The van der Waals surface area contributed by atoms with Crippen molar-refractivity contribution in [2.75, 3.05) is 44.7 Å². The molecule has 2 unspecified atom stereocenters. The van der Waals surface area contributed by atoms with Gasteiger partial charge in [-0.1, -0.05) is 69.1 Å². The van der Waals surface area contributed by atoms with Crippen LogP contribution in [-0.4, -0.2) is 63.2 Å². The van der Waals surface area contributed by atoms with E-state index in [9.17, 15) is 18.4 Å². The normalized spacial score (nSPS) is 19.5. The maximum Gasteiger partial charge on any atom is 0.211 e. The summed E-state index contributed by atoms with van der Waals surface area (Å²) in [6.45, 7) is 12.1. The van der Waals surface area contributed by atoms with Gasteiger partial charge in [-0.05, 0) is 47.6 Å². The molecule has 0 saturated carbocycles. The van der Waals surface area contributed by atoms with Crippen molar-refractivity contribution in [1.82, 2.24) is 15.5 Å². The lowest BCUT2D eigenvalue weighted by atomic mass is 9.83.